The van der Waals surface area contributed by atoms with E-state index >= 15 is 0 Å². The molecule has 0 aromatic rings. The summed E-state index contributed by atoms with van der Waals surface area (Å²) in [7, 11) is 1.35. The molecule has 1 heterocycles. The summed E-state index contributed by atoms with van der Waals surface area (Å²) in [6.07, 6.45) is -4.35. The van der Waals surface area contributed by atoms with Crippen molar-refractivity contribution in [2.24, 2.45) is 0 Å². The molecule has 0 spiro atoms. The second kappa shape index (κ2) is 5.55. The van der Waals surface area contributed by atoms with Crippen molar-refractivity contribution in [3.63, 3.8) is 0 Å². The maximum Gasteiger partial charge on any atom is 0.217 e. The normalized spacial score (nSPS) is 39.4. The topological polar surface area (TPSA) is 108 Å². The van der Waals surface area contributed by atoms with E-state index in [-0.39, 0.29) is 5.91 Å². The SMILES string of the molecule is CO[C@@H]1O[C@H](CO)[C@@H](O)[C@H](O)[C@H]1NC(C)=O. The standard InChI is InChI=1S/C9H17NO6/c1-4(12)10-6-8(14)7(13)5(3-11)16-9(6)15-2/h5-9,11,13-14H,3H2,1-2H3,(H,10,12)/t5-,6-,7-,8-,9-/m1/s1. The van der Waals surface area contributed by atoms with E-state index in [0.29, 0.717) is 0 Å². The number of aliphatic hydroxyl groups excluding tert-OH is 3. The minimum Gasteiger partial charge on any atom is -0.394 e. The summed E-state index contributed by atoms with van der Waals surface area (Å²) in [4.78, 5) is 10.9. The maximum atomic E-state index is 10.9. The van der Waals surface area contributed by atoms with E-state index in [2.05, 4.69) is 5.32 Å². The number of ether oxygens (including phenoxy) is 2. The zero-order chi connectivity index (χ0) is 12.3. The van der Waals surface area contributed by atoms with E-state index in [1.54, 1.807) is 0 Å². The Hall–Kier alpha value is -0.730. The van der Waals surface area contributed by atoms with Gasteiger partial charge in [0.2, 0.25) is 5.91 Å². The number of carbonyl (C=O) groups excluding carboxylic acids is 1. The van der Waals surface area contributed by atoms with Crippen LogP contribution in [0, 0.1) is 0 Å². The van der Waals surface area contributed by atoms with Gasteiger partial charge in [-0.2, -0.15) is 0 Å². The smallest absolute Gasteiger partial charge is 0.217 e. The third-order valence-corrected chi connectivity index (χ3v) is 2.48. The Morgan fingerprint density at radius 2 is 2.06 bits per heavy atom. The second-order valence-corrected chi connectivity index (χ2v) is 3.67. The van der Waals surface area contributed by atoms with Gasteiger partial charge in [0.25, 0.3) is 0 Å². The fraction of sp³-hybridized carbons (Fsp3) is 0.889. The summed E-state index contributed by atoms with van der Waals surface area (Å²) in [6.45, 7) is 0.842. The minimum absolute atomic E-state index is 0.371. The predicted octanol–water partition coefficient (Wildman–Crippen LogP) is -2.42. The van der Waals surface area contributed by atoms with E-state index in [0.717, 1.165) is 0 Å². The average Bonchev–Trinajstić information content (AvgIpc) is 2.25. The van der Waals surface area contributed by atoms with Gasteiger partial charge in [-0.15, -0.1) is 0 Å². The van der Waals surface area contributed by atoms with Crippen molar-refractivity contribution in [2.75, 3.05) is 13.7 Å². The summed E-state index contributed by atoms with van der Waals surface area (Å²) < 4.78 is 10.1. The Balaban J connectivity index is 2.77. The lowest BCUT2D eigenvalue weighted by Crippen LogP contribution is -2.64. The zero-order valence-electron chi connectivity index (χ0n) is 9.16. The van der Waals surface area contributed by atoms with Gasteiger partial charge in [0.1, 0.15) is 24.4 Å². The van der Waals surface area contributed by atoms with E-state index < -0.39 is 37.3 Å². The summed E-state index contributed by atoms with van der Waals surface area (Å²) in [5, 5.41) is 30.7. The zero-order valence-corrected chi connectivity index (χ0v) is 9.16. The Morgan fingerprint density at radius 3 is 2.50 bits per heavy atom. The molecule has 7 heteroatoms. The number of carbonyl (C=O) groups is 1. The first-order valence-corrected chi connectivity index (χ1v) is 4.93. The van der Waals surface area contributed by atoms with Crippen molar-refractivity contribution >= 4 is 5.91 Å². The minimum atomic E-state index is -1.27. The largest absolute Gasteiger partial charge is 0.394 e. The number of hydrogen-bond acceptors (Lipinski definition) is 6. The summed E-state index contributed by atoms with van der Waals surface area (Å²) >= 11 is 0. The average molecular weight is 235 g/mol. The number of aliphatic hydroxyl groups is 3. The van der Waals surface area contributed by atoms with Gasteiger partial charge in [-0.25, -0.2) is 0 Å². The molecular formula is C9H17NO6. The molecular weight excluding hydrogens is 218 g/mol. The van der Waals surface area contributed by atoms with Crippen LogP contribution in [0.25, 0.3) is 0 Å². The van der Waals surface area contributed by atoms with Crippen molar-refractivity contribution in [1.82, 2.24) is 5.32 Å². The van der Waals surface area contributed by atoms with Crippen LogP contribution in [0.5, 0.6) is 0 Å². The summed E-state index contributed by atoms with van der Waals surface area (Å²) in [6, 6.07) is -0.861. The highest BCUT2D eigenvalue weighted by molar-refractivity contribution is 5.73. The molecule has 1 saturated heterocycles. The molecule has 5 atom stereocenters. The summed E-state index contributed by atoms with van der Waals surface area (Å²) in [5.41, 5.74) is 0. The van der Waals surface area contributed by atoms with Crippen LogP contribution in [0.1, 0.15) is 6.92 Å². The first-order chi connectivity index (χ1) is 7.51. The molecule has 16 heavy (non-hydrogen) atoms. The molecule has 0 radical (unpaired) electrons. The van der Waals surface area contributed by atoms with Crippen molar-refractivity contribution < 1.29 is 29.6 Å². The number of methoxy groups -OCH3 is 1. The van der Waals surface area contributed by atoms with Crippen LogP contribution < -0.4 is 5.32 Å². The lowest BCUT2D eigenvalue weighted by Gasteiger charge is -2.41. The summed E-state index contributed by atoms with van der Waals surface area (Å²) in [5.74, 6) is -0.371. The van der Waals surface area contributed by atoms with Gasteiger partial charge in [-0.3, -0.25) is 4.79 Å². The van der Waals surface area contributed by atoms with E-state index in [1.807, 2.05) is 0 Å². The van der Waals surface area contributed by atoms with Gasteiger partial charge in [0, 0.05) is 14.0 Å². The van der Waals surface area contributed by atoms with Crippen LogP contribution in [0.15, 0.2) is 0 Å². The molecule has 0 aromatic heterocycles. The van der Waals surface area contributed by atoms with Crippen molar-refractivity contribution in [3.8, 4) is 0 Å². The number of hydrogen-bond donors (Lipinski definition) is 4. The lowest BCUT2D eigenvalue weighted by molar-refractivity contribution is -0.262. The Bertz CT molecular complexity index is 246. The molecule has 1 aliphatic heterocycles. The van der Waals surface area contributed by atoms with Crippen LogP contribution >= 0.6 is 0 Å². The van der Waals surface area contributed by atoms with Crippen LogP contribution in [0.2, 0.25) is 0 Å². The van der Waals surface area contributed by atoms with Crippen LogP contribution in [0.3, 0.4) is 0 Å². The number of nitrogens with one attached hydrogen (secondary N) is 1. The van der Waals surface area contributed by atoms with Gasteiger partial charge in [0.15, 0.2) is 6.29 Å². The molecule has 7 nitrogen and oxygen atoms in total. The van der Waals surface area contributed by atoms with Gasteiger partial charge >= 0.3 is 0 Å². The lowest BCUT2D eigenvalue weighted by atomic mass is 9.97. The van der Waals surface area contributed by atoms with E-state index in [1.165, 1.54) is 14.0 Å². The van der Waals surface area contributed by atoms with Gasteiger partial charge in [-0.1, -0.05) is 0 Å². The fourth-order valence-corrected chi connectivity index (χ4v) is 1.67. The van der Waals surface area contributed by atoms with Crippen molar-refractivity contribution in [3.05, 3.63) is 0 Å². The molecule has 1 rings (SSSR count). The quantitative estimate of drug-likeness (QED) is 0.433. The Kier molecular flexibility index (Phi) is 4.63. The Labute approximate surface area is 93.0 Å². The van der Waals surface area contributed by atoms with Crippen LogP contribution in [0.4, 0.5) is 0 Å². The first kappa shape index (κ1) is 13.3. The predicted molar refractivity (Wildman–Crippen MR) is 52.4 cm³/mol. The van der Waals surface area contributed by atoms with Crippen LogP contribution in [-0.2, 0) is 14.3 Å². The second-order valence-electron chi connectivity index (χ2n) is 3.67. The van der Waals surface area contributed by atoms with Crippen molar-refractivity contribution in [1.29, 1.82) is 0 Å². The van der Waals surface area contributed by atoms with Crippen LogP contribution in [-0.4, -0.2) is 65.6 Å². The molecule has 94 valence electrons. The Morgan fingerprint density at radius 1 is 1.44 bits per heavy atom. The highest BCUT2D eigenvalue weighted by Gasteiger charge is 2.44. The third-order valence-electron chi connectivity index (χ3n) is 2.48. The monoisotopic (exact) mass is 235 g/mol. The maximum absolute atomic E-state index is 10.9. The highest BCUT2D eigenvalue weighted by Crippen LogP contribution is 2.21. The third kappa shape index (κ3) is 2.69. The molecule has 1 amide bonds. The number of amides is 1. The molecule has 4 N–H and O–H groups in total. The molecule has 0 aromatic carbocycles. The molecule has 0 saturated carbocycles. The molecule has 0 unspecified atom stereocenters. The fourth-order valence-electron chi connectivity index (χ4n) is 1.67. The molecule has 1 fully saturated rings. The van der Waals surface area contributed by atoms with E-state index in [4.69, 9.17) is 14.6 Å². The highest BCUT2D eigenvalue weighted by atomic mass is 16.7. The number of rotatable bonds is 3. The first-order valence-electron chi connectivity index (χ1n) is 4.93. The molecule has 0 bridgehead atoms. The van der Waals surface area contributed by atoms with E-state index in [9.17, 15) is 15.0 Å². The van der Waals surface area contributed by atoms with Gasteiger partial charge in [0.05, 0.1) is 6.61 Å². The molecule has 1 aliphatic rings. The molecule has 0 aliphatic carbocycles. The van der Waals surface area contributed by atoms with Gasteiger partial charge in [-0.05, 0) is 0 Å². The van der Waals surface area contributed by atoms with Crippen molar-refractivity contribution in [2.45, 2.75) is 37.6 Å². The van der Waals surface area contributed by atoms with Gasteiger partial charge < -0.3 is 30.1 Å².